The van der Waals surface area contributed by atoms with E-state index >= 15 is 0 Å². The zero-order valence-corrected chi connectivity index (χ0v) is 22.9. The van der Waals surface area contributed by atoms with Crippen LogP contribution in [0, 0.1) is 29.5 Å². The number of hydrogen-bond donors (Lipinski definition) is 2. The van der Waals surface area contributed by atoms with Gasteiger partial charge in [0.1, 0.15) is 16.8 Å². The predicted molar refractivity (Wildman–Crippen MR) is 149 cm³/mol. The summed E-state index contributed by atoms with van der Waals surface area (Å²) < 4.78 is 33.4. The summed E-state index contributed by atoms with van der Waals surface area (Å²) in [6.45, 7) is 1.29. The number of carboxylic acid groups (broad SMARTS) is 1. The van der Waals surface area contributed by atoms with Gasteiger partial charge in [0.25, 0.3) is 0 Å². The number of hydrogen-bond acceptors (Lipinski definition) is 6. The smallest absolute Gasteiger partial charge is 0.355 e. The standard InChI is InChI=1S/C29H25FN4O4S2/c30-23-12-19(8-9-26(23)40(31)37)11-22-25(13-18-4-5-18)34(29-32-24(16-39-29)28(35)36)33-27(22)21-3-1-2-17(10-21)6-7-20-14-38-15-20/h1-3,8-10,12,16,18,20H,4-5,11,13-15,31H2,(H,35,36). The highest BCUT2D eigenvalue weighted by Crippen LogP contribution is 2.38. The summed E-state index contributed by atoms with van der Waals surface area (Å²) in [7, 11) is -1.93. The van der Waals surface area contributed by atoms with Crippen molar-refractivity contribution in [2.45, 2.75) is 30.6 Å². The molecule has 4 aromatic rings. The van der Waals surface area contributed by atoms with Crippen LogP contribution in [0.2, 0.25) is 0 Å². The summed E-state index contributed by atoms with van der Waals surface area (Å²) in [5.41, 5.74) is 4.84. The van der Waals surface area contributed by atoms with Gasteiger partial charge in [0.15, 0.2) is 5.69 Å². The van der Waals surface area contributed by atoms with E-state index in [2.05, 4.69) is 16.8 Å². The molecule has 2 aliphatic rings. The van der Waals surface area contributed by atoms with E-state index in [0.29, 0.717) is 41.9 Å². The summed E-state index contributed by atoms with van der Waals surface area (Å²) in [6.07, 6.45) is 3.29. The number of aromatic nitrogens is 3. The van der Waals surface area contributed by atoms with Crippen LogP contribution in [-0.2, 0) is 28.6 Å². The molecule has 1 saturated carbocycles. The highest BCUT2D eigenvalue weighted by molar-refractivity contribution is 7.82. The lowest BCUT2D eigenvalue weighted by Gasteiger charge is -2.19. The molecule has 2 aromatic heterocycles. The Morgan fingerprint density at radius 1 is 1.25 bits per heavy atom. The lowest BCUT2D eigenvalue weighted by molar-refractivity contribution is -0.00300. The first-order chi connectivity index (χ1) is 19.4. The monoisotopic (exact) mass is 576 g/mol. The SMILES string of the molecule is NS(=O)c1ccc(Cc2c(-c3cccc(C#CC4COC4)c3)nn(-c3nc(C(=O)O)cs3)c2CC2CC2)cc1F. The van der Waals surface area contributed by atoms with E-state index in [1.54, 1.807) is 10.7 Å². The fourth-order valence-electron chi connectivity index (χ4n) is 4.60. The summed E-state index contributed by atoms with van der Waals surface area (Å²) in [6, 6.07) is 12.3. The quantitative estimate of drug-likeness (QED) is 0.301. The maximum Gasteiger partial charge on any atom is 0.355 e. The van der Waals surface area contributed by atoms with Crippen LogP contribution in [0.4, 0.5) is 4.39 Å². The van der Waals surface area contributed by atoms with Gasteiger partial charge in [0.05, 0.1) is 35.4 Å². The van der Waals surface area contributed by atoms with Crippen molar-refractivity contribution in [2.75, 3.05) is 13.2 Å². The van der Waals surface area contributed by atoms with Crippen molar-refractivity contribution in [1.82, 2.24) is 14.8 Å². The van der Waals surface area contributed by atoms with Crippen molar-refractivity contribution in [3.05, 3.63) is 81.7 Å². The van der Waals surface area contributed by atoms with Crippen LogP contribution in [0.3, 0.4) is 0 Å². The third kappa shape index (κ3) is 5.62. The highest BCUT2D eigenvalue weighted by Gasteiger charge is 2.29. The minimum atomic E-state index is -1.93. The van der Waals surface area contributed by atoms with Gasteiger partial charge in [-0.1, -0.05) is 30.0 Å². The van der Waals surface area contributed by atoms with Gasteiger partial charge in [-0.05, 0) is 55.0 Å². The Balaban J connectivity index is 1.48. The lowest BCUT2D eigenvalue weighted by atomic mass is 9.96. The maximum absolute atomic E-state index is 14.8. The summed E-state index contributed by atoms with van der Waals surface area (Å²) in [5.74, 6) is 5.46. The Bertz CT molecular complexity index is 1700. The number of benzene rings is 2. The number of ether oxygens (including phenoxy) is 1. The fraction of sp³-hybridized carbons (Fsp3) is 0.276. The molecule has 1 aliphatic heterocycles. The van der Waals surface area contributed by atoms with Gasteiger partial charge in [0.2, 0.25) is 5.13 Å². The summed E-state index contributed by atoms with van der Waals surface area (Å²) in [4.78, 5) is 15.8. The molecule has 204 valence electrons. The van der Waals surface area contributed by atoms with Crippen LogP contribution in [0.5, 0.6) is 0 Å². The van der Waals surface area contributed by atoms with Crippen molar-refractivity contribution in [1.29, 1.82) is 0 Å². The molecular formula is C29H25FN4O4S2. The molecule has 6 rings (SSSR count). The molecule has 11 heteroatoms. The van der Waals surface area contributed by atoms with Crippen molar-refractivity contribution in [2.24, 2.45) is 17.0 Å². The maximum atomic E-state index is 14.8. The Hall–Kier alpha value is -3.69. The largest absolute Gasteiger partial charge is 0.476 e. The molecule has 0 amide bonds. The molecule has 2 fully saturated rings. The molecule has 0 spiro atoms. The topological polar surface area (TPSA) is 120 Å². The van der Waals surface area contributed by atoms with Gasteiger partial charge < -0.3 is 9.84 Å². The molecule has 1 atom stereocenters. The molecule has 3 N–H and O–H groups in total. The Morgan fingerprint density at radius 2 is 2.08 bits per heavy atom. The molecule has 8 nitrogen and oxygen atoms in total. The molecule has 0 radical (unpaired) electrons. The van der Waals surface area contributed by atoms with Crippen molar-refractivity contribution >= 4 is 28.3 Å². The second kappa shape index (κ2) is 11.1. The van der Waals surface area contributed by atoms with Gasteiger partial charge >= 0.3 is 5.97 Å². The number of halogens is 1. The van der Waals surface area contributed by atoms with Crippen LogP contribution in [0.25, 0.3) is 16.4 Å². The van der Waals surface area contributed by atoms with Gasteiger partial charge in [-0.3, -0.25) is 0 Å². The van der Waals surface area contributed by atoms with E-state index < -0.39 is 22.8 Å². The molecule has 0 bridgehead atoms. The van der Waals surface area contributed by atoms with E-state index in [1.165, 1.54) is 28.8 Å². The van der Waals surface area contributed by atoms with Crippen molar-refractivity contribution in [3.63, 3.8) is 0 Å². The first-order valence-electron chi connectivity index (χ1n) is 12.8. The molecule has 3 heterocycles. The number of nitrogens with two attached hydrogens (primary N) is 1. The van der Waals surface area contributed by atoms with Crippen LogP contribution < -0.4 is 5.14 Å². The zero-order chi connectivity index (χ0) is 27.8. The van der Waals surface area contributed by atoms with E-state index in [-0.39, 0.29) is 16.5 Å². The number of thiazole rings is 1. The van der Waals surface area contributed by atoms with E-state index in [0.717, 1.165) is 41.6 Å². The van der Waals surface area contributed by atoms with Gasteiger partial charge in [-0.15, -0.1) is 11.3 Å². The van der Waals surface area contributed by atoms with Crippen LogP contribution in [-0.4, -0.2) is 43.3 Å². The van der Waals surface area contributed by atoms with Crippen LogP contribution in [0.1, 0.15) is 45.7 Å². The minimum absolute atomic E-state index is 0.0411. The second-order valence-corrected chi connectivity index (χ2v) is 11.8. The van der Waals surface area contributed by atoms with Crippen LogP contribution in [0.15, 0.2) is 52.7 Å². The Kier molecular flexibility index (Phi) is 7.33. The number of rotatable bonds is 8. The van der Waals surface area contributed by atoms with Gasteiger partial charge in [-0.25, -0.2) is 28.2 Å². The molecule has 2 aromatic carbocycles. The molecule has 40 heavy (non-hydrogen) atoms. The number of nitrogens with zero attached hydrogens (tertiary/aromatic N) is 3. The molecule has 1 aliphatic carbocycles. The minimum Gasteiger partial charge on any atom is -0.476 e. The normalized spacial score (nSPS) is 15.8. The van der Waals surface area contributed by atoms with Crippen molar-refractivity contribution < 1.29 is 23.2 Å². The third-order valence-electron chi connectivity index (χ3n) is 6.95. The summed E-state index contributed by atoms with van der Waals surface area (Å²) in [5, 5.41) is 21.8. The fourth-order valence-corrected chi connectivity index (χ4v) is 5.82. The number of carboxylic acids is 1. The molecular weight excluding hydrogens is 551 g/mol. The first kappa shape index (κ1) is 26.5. The van der Waals surface area contributed by atoms with E-state index in [1.807, 2.05) is 24.3 Å². The Labute approximate surface area is 236 Å². The average Bonchev–Trinajstić information content (AvgIpc) is 3.45. The van der Waals surface area contributed by atoms with Gasteiger partial charge in [0, 0.05) is 28.5 Å². The van der Waals surface area contributed by atoms with E-state index in [4.69, 9.17) is 15.0 Å². The first-order valence-corrected chi connectivity index (χ1v) is 14.9. The third-order valence-corrected chi connectivity index (χ3v) is 8.53. The highest BCUT2D eigenvalue weighted by atomic mass is 32.2. The molecule has 1 unspecified atom stereocenters. The predicted octanol–water partition coefficient (Wildman–Crippen LogP) is 4.36. The van der Waals surface area contributed by atoms with E-state index in [9.17, 15) is 18.5 Å². The van der Waals surface area contributed by atoms with Crippen LogP contribution >= 0.6 is 11.3 Å². The van der Waals surface area contributed by atoms with Crippen molar-refractivity contribution in [3.8, 4) is 28.2 Å². The number of aromatic carboxylic acids is 1. The Morgan fingerprint density at radius 3 is 2.73 bits per heavy atom. The van der Waals surface area contributed by atoms with Gasteiger partial charge in [-0.2, -0.15) is 5.10 Å². The average molecular weight is 577 g/mol. The number of carbonyl (C=O) groups is 1. The molecule has 1 saturated heterocycles. The lowest BCUT2D eigenvalue weighted by Crippen LogP contribution is -2.25. The summed E-state index contributed by atoms with van der Waals surface area (Å²) >= 11 is 1.21. The zero-order valence-electron chi connectivity index (χ0n) is 21.3. The second-order valence-electron chi connectivity index (χ2n) is 9.98.